The first-order chi connectivity index (χ1) is 6.98. The van der Waals surface area contributed by atoms with Gasteiger partial charge in [0.1, 0.15) is 5.75 Å². The highest BCUT2D eigenvalue weighted by atomic mass is 19.3. The van der Waals surface area contributed by atoms with Gasteiger partial charge in [0.2, 0.25) is 6.43 Å². The summed E-state index contributed by atoms with van der Waals surface area (Å²) < 4.78 is 25.4. The maximum absolute atomic E-state index is 12.7. The van der Waals surface area contributed by atoms with Gasteiger partial charge in [-0.25, -0.2) is 8.78 Å². The average molecular weight is 215 g/mol. The molecule has 3 N–H and O–H groups in total. The number of nitrogens with two attached hydrogens (primary N) is 1. The van der Waals surface area contributed by atoms with Gasteiger partial charge in [0.25, 0.3) is 0 Å². The van der Waals surface area contributed by atoms with Crippen molar-refractivity contribution in [3.8, 4) is 5.75 Å². The van der Waals surface area contributed by atoms with Crippen LogP contribution in [-0.4, -0.2) is 18.1 Å². The molecule has 0 fully saturated rings. The van der Waals surface area contributed by atoms with Crippen molar-refractivity contribution in [2.75, 3.05) is 6.54 Å². The Morgan fingerprint density at radius 3 is 2.27 bits per heavy atom. The van der Waals surface area contributed by atoms with E-state index in [1.807, 2.05) is 0 Å². The number of hydrogen-bond donors (Lipinski definition) is 2. The van der Waals surface area contributed by atoms with Crippen molar-refractivity contribution in [2.45, 2.75) is 19.8 Å². The molecule has 0 saturated heterocycles. The molecule has 0 aliphatic carbocycles. The van der Waals surface area contributed by atoms with Crippen molar-refractivity contribution >= 4 is 0 Å². The summed E-state index contributed by atoms with van der Waals surface area (Å²) >= 11 is 0. The van der Waals surface area contributed by atoms with Gasteiger partial charge < -0.3 is 10.8 Å². The molecule has 15 heavy (non-hydrogen) atoms. The molecule has 4 heteroatoms. The Hall–Kier alpha value is -1.16. The van der Waals surface area contributed by atoms with Crippen LogP contribution in [0, 0.1) is 5.41 Å². The van der Waals surface area contributed by atoms with Crippen LogP contribution >= 0.6 is 0 Å². The van der Waals surface area contributed by atoms with Gasteiger partial charge in [0, 0.05) is 12.0 Å². The molecule has 84 valence electrons. The molecule has 0 spiro atoms. The fourth-order valence-electron chi connectivity index (χ4n) is 1.32. The highest BCUT2D eigenvalue weighted by Crippen LogP contribution is 2.29. The predicted octanol–water partition coefficient (Wildman–Crippen LogP) is 2.16. The zero-order chi connectivity index (χ0) is 11.5. The van der Waals surface area contributed by atoms with E-state index in [2.05, 4.69) is 0 Å². The highest BCUT2D eigenvalue weighted by molar-refractivity contribution is 5.26. The van der Waals surface area contributed by atoms with Crippen LogP contribution in [0.3, 0.4) is 0 Å². The summed E-state index contributed by atoms with van der Waals surface area (Å²) in [7, 11) is 0. The van der Waals surface area contributed by atoms with E-state index < -0.39 is 11.8 Å². The molecule has 1 unspecified atom stereocenters. The SMILES string of the molecule is CC(CN)(Cc1ccc(O)cc1)C(F)F. The highest BCUT2D eigenvalue weighted by Gasteiger charge is 2.33. The molecule has 0 amide bonds. The van der Waals surface area contributed by atoms with E-state index in [0.29, 0.717) is 0 Å². The lowest BCUT2D eigenvalue weighted by atomic mass is 9.84. The van der Waals surface area contributed by atoms with E-state index in [1.165, 1.54) is 19.1 Å². The summed E-state index contributed by atoms with van der Waals surface area (Å²) in [5.41, 5.74) is 4.91. The van der Waals surface area contributed by atoms with Crippen LogP contribution < -0.4 is 5.73 Å². The summed E-state index contributed by atoms with van der Waals surface area (Å²) in [5, 5.41) is 9.05. The van der Waals surface area contributed by atoms with Crippen molar-refractivity contribution in [3.05, 3.63) is 29.8 Å². The third-order valence-electron chi connectivity index (χ3n) is 2.54. The van der Waals surface area contributed by atoms with Crippen molar-refractivity contribution in [1.82, 2.24) is 0 Å². The summed E-state index contributed by atoms with van der Waals surface area (Å²) in [6.07, 6.45) is -2.24. The standard InChI is InChI=1S/C11H15F2NO/c1-11(7-14,10(12)13)6-8-2-4-9(15)5-3-8/h2-5,10,15H,6-7,14H2,1H3. The van der Waals surface area contributed by atoms with E-state index in [1.54, 1.807) is 12.1 Å². The van der Waals surface area contributed by atoms with E-state index >= 15 is 0 Å². The van der Waals surface area contributed by atoms with Gasteiger partial charge in [-0.1, -0.05) is 19.1 Å². The third-order valence-corrected chi connectivity index (χ3v) is 2.54. The minimum Gasteiger partial charge on any atom is -0.508 e. The smallest absolute Gasteiger partial charge is 0.245 e. The minimum absolute atomic E-state index is 0.0639. The second-order valence-corrected chi connectivity index (χ2v) is 4.00. The minimum atomic E-state index is -2.45. The van der Waals surface area contributed by atoms with Gasteiger partial charge >= 0.3 is 0 Å². The molecular weight excluding hydrogens is 200 g/mol. The second-order valence-electron chi connectivity index (χ2n) is 4.00. The lowest BCUT2D eigenvalue weighted by molar-refractivity contribution is 0.0133. The first-order valence-corrected chi connectivity index (χ1v) is 4.74. The van der Waals surface area contributed by atoms with Gasteiger partial charge in [-0.2, -0.15) is 0 Å². The van der Waals surface area contributed by atoms with E-state index in [-0.39, 0.29) is 18.7 Å². The van der Waals surface area contributed by atoms with E-state index in [4.69, 9.17) is 10.8 Å². The van der Waals surface area contributed by atoms with Crippen LogP contribution in [0.25, 0.3) is 0 Å². The van der Waals surface area contributed by atoms with E-state index in [0.717, 1.165) is 5.56 Å². The third kappa shape index (κ3) is 2.89. The topological polar surface area (TPSA) is 46.2 Å². The lowest BCUT2D eigenvalue weighted by Crippen LogP contribution is -2.36. The number of alkyl halides is 2. The molecular formula is C11H15F2NO. The van der Waals surface area contributed by atoms with Crippen LogP contribution in [0.1, 0.15) is 12.5 Å². The Morgan fingerprint density at radius 2 is 1.87 bits per heavy atom. The molecule has 1 atom stereocenters. The molecule has 0 heterocycles. The Labute approximate surface area is 87.7 Å². The fraction of sp³-hybridized carbons (Fsp3) is 0.455. The van der Waals surface area contributed by atoms with E-state index in [9.17, 15) is 8.78 Å². The number of aromatic hydroxyl groups is 1. The summed E-state index contributed by atoms with van der Waals surface area (Å²) in [5.74, 6) is 0.130. The van der Waals surface area contributed by atoms with Crippen LogP contribution in [0.5, 0.6) is 5.75 Å². The zero-order valence-electron chi connectivity index (χ0n) is 8.58. The predicted molar refractivity (Wildman–Crippen MR) is 55.0 cm³/mol. The maximum atomic E-state index is 12.7. The molecule has 0 aliphatic rings. The van der Waals surface area contributed by atoms with Crippen LogP contribution in [-0.2, 0) is 6.42 Å². The quantitative estimate of drug-likeness (QED) is 0.808. The lowest BCUT2D eigenvalue weighted by Gasteiger charge is -2.26. The molecule has 1 aromatic rings. The van der Waals surface area contributed by atoms with Gasteiger partial charge in [0.15, 0.2) is 0 Å². The Balaban J connectivity index is 2.79. The van der Waals surface area contributed by atoms with Crippen molar-refractivity contribution in [1.29, 1.82) is 0 Å². The fourth-order valence-corrected chi connectivity index (χ4v) is 1.32. The van der Waals surface area contributed by atoms with Crippen molar-refractivity contribution < 1.29 is 13.9 Å². The van der Waals surface area contributed by atoms with Crippen molar-refractivity contribution in [3.63, 3.8) is 0 Å². The number of rotatable bonds is 4. The molecule has 0 aliphatic heterocycles. The summed E-state index contributed by atoms with van der Waals surface area (Å²) in [6.45, 7) is 1.40. The molecule has 1 aromatic carbocycles. The van der Waals surface area contributed by atoms with Gasteiger partial charge in [-0.3, -0.25) is 0 Å². The van der Waals surface area contributed by atoms with Gasteiger partial charge in [-0.05, 0) is 24.1 Å². The molecule has 0 aromatic heterocycles. The Kier molecular flexibility index (Phi) is 3.63. The normalized spacial score (nSPS) is 15.3. The van der Waals surface area contributed by atoms with Crippen LogP contribution in [0.15, 0.2) is 24.3 Å². The van der Waals surface area contributed by atoms with Crippen molar-refractivity contribution in [2.24, 2.45) is 11.1 Å². The number of benzene rings is 1. The van der Waals surface area contributed by atoms with Gasteiger partial charge in [-0.15, -0.1) is 0 Å². The average Bonchev–Trinajstić information content (AvgIpc) is 2.21. The Bertz CT molecular complexity index is 313. The molecule has 2 nitrogen and oxygen atoms in total. The largest absolute Gasteiger partial charge is 0.508 e. The van der Waals surface area contributed by atoms with Crippen LogP contribution in [0.2, 0.25) is 0 Å². The van der Waals surface area contributed by atoms with Crippen LogP contribution in [0.4, 0.5) is 8.78 Å². The molecule has 0 radical (unpaired) electrons. The van der Waals surface area contributed by atoms with Gasteiger partial charge in [0.05, 0.1) is 0 Å². The number of halogens is 2. The summed E-state index contributed by atoms with van der Waals surface area (Å²) in [4.78, 5) is 0. The monoisotopic (exact) mass is 215 g/mol. The second kappa shape index (κ2) is 4.57. The summed E-state index contributed by atoms with van der Waals surface area (Å²) in [6, 6.07) is 6.23. The number of hydrogen-bond acceptors (Lipinski definition) is 2. The number of phenolic OH excluding ortho intramolecular Hbond substituents is 1. The molecule has 0 saturated carbocycles. The first-order valence-electron chi connectivity index (χ1n) is 4.74. The Morgan fingerprint density at radius 1 is 1.33 bits per heavy atom. The first kappa shape index (κ1) is 11.9. The molecule has 0 bridgehead atoms. The molecule has 1 rings (SSSR count). The maximum Gasteiger partial charge on any atom is 0.245 e. The zero-order valence-corrected chi connectivity index (χ0v) is 8.58. The number of phenols is 1.